The number of hydrogen-bond acceptors (Lipinski definition) is 5. The first-order valence-electron chi connectivity index (χ1n) is 5.76. The molecule has 0 spiro atoms. The summed E-state index contributed by atoms with van der Waals surface area (Å²) in [6.45, 7) is 0. The van der Waals surface area contributed by atoms with E-state index in [4.69, 9.17) is 5.26 Å². The molecule has 0 aliphatic rings. The second-order valence-electron chi connectivity index (χ2n) is 4.03. The largest absolute Gasteiger partial charge is 0.324 e. The molecule has 2 aromatic rings. The van der Waals surface area contributed by atoms with Crippen LogP contribution >= 0.6 is 0 Å². The number of anilines is 2. The van der Waals surface area contributed by atoms with Gasteiger partial charge < -0.3 is 5.32 Å². The zero-order valence-electron chi connectivity index (χ0n) is 10.9. The highest BCUT2D eigenvalue weighted by molar-refractivity contribution is 5.99. The molecule has 1 heterocycles. The molecule has 2 rings (SSSR count). The van der Waals surface area contributed by atoms with Crippen LogP contribution in [-0.4, -0.2) is 20.7 Å². The van der Waals surface area contributed by atoms with E-state index in [0.717, 1.165) is 0 Å². The Balaban J connectivity index is 2.06. The Bertz CT molecular complexity index is 728. The second kappa shape index (κ2) is 5.70. The topological polar surface area (TPSA) is 126 Å². The molecular weight excluding hydrogens is 276 g/mol. The third kappa shape index (κ3) is 3.13. The summed E-state index contributed by atoms with van der Waals surface area (Å²) >= 11 is 0. The lowest BCUT2D eigenvalue weighted by Crippen LogP contribution is -2.21. The average Bonchev–Trinajstić information content (AvgIpc) is 2.80. The van der Waals surface area contributed by atoms with Crippen molar-refractivity contribution >= 4 is 23.2 Å². The Morgan fingerprint density at radius 1 is 1.38 bits per heavy atom. The summed E-state index contributed by atoms with van der Waals surface area (Å²) in [5.74, 6) is 0.261. The molecule has 9 heteroatoms. The highest BCUT2D eigenvalue weighted by Gasteiger charge is 2.12. The summed E-state index contributed by atoms with van der Waals surface area (Å²) in [6, 6.07) is 6.70. The SMILES string of the molecule is Cn1ncc(C#N)c1NC(=O)Nc1ccc([N+](=O)[O-])cc1. The summed E-state index contributed by atoms with van der Waals surface area (Å²) in [7, 11) is 1.59. The predicted molar refractivity (Wildman–Crippen MR) is 73.7 cm³/mol. The van der Waals surface area contributed by atoms with Gasteiger partial charge in [0.1, 0.15) is 17.5 Å². The number of nitrogens with one attached hydrogen (secondary N) is 2. The van der Waals surface area contributed by atoms with Gasteiger partial charge in [0.25, 0.3) is 5.69 Å². The van der Waals surface area contributed by atoms with E-state index in [1.54, 1.807) is 7.05 Å². The second-order valence-corrected chi connectivity index (χ2v) is 4.03. The number of rotatable bonds is 3. The molecule has 2 amide bonds. The van der Waals surface area contributed by atoms with Gasteiger partial charge in [-0.05, 0) is 12.1 Å². The molecule has 106 valence electrons. The number of aryl methyl sites for hydroxylation is 1. The highest BCUT2D eigenvalue weighted by Crippen LogP contribution is 2.16. The Hall–Kier alpha value is -3.41. The molecule has 0 saturated heterocycles. The van der Waals surface area contributed by atoms with Gasteiger partial charge >= 0.3 is 6.03 Å². The molecular formula is C12H10N6O3. The van der Waals surface area contributed by atoms with Crippen LogP contribution in [0.3, 0.4) is 0 Å². The van der Waals surface area contributed by atoms with Crippen molar-refractivity contribution in [1.29, 1.82) is 5.26 Å². The van der Waals surface area contributed by atoms with Crippen LogP contribution in [0.2, 0.25) is 0 Å². The average molecular weight is 286 g/mol. The van der Waals surface area contributed by atoms with E-state index in [2.05, 4.69) is 15.7 Å². The lowest BCUT2D eigenvalue weighted by molar-refractivity contribution is -0.384. The van der Waals surface area contributed by atoms with E-state index in [9.17, 15) is 14.9 Å². The first-order chi connectivity index (χ1) is 10.0. The summed E-state index contributed by atoms with van der Waals surface area (Å²) in [5.41, 5.74) is 0.550. The number of non-ortho nitro benzene ring substituents is 1. The lowest BCUT2D eigenvalue weighted by atomic mass is 10.3. The maximum Gasteiger partial charge on any atom is 0.324 e. The van der Waals surface area contributed by atoms with Gasteiger partial charge in [-0.1, -0.05) is 0 Å². The van der Waals surface area contributed by atoms with E-state index in [-0.39, 0.29) is 17.1 Å². The number of nitro benzene ring substituents is 1. The molecule has 0 aliphatic heterocycles. The number of aromatic nitrogens is 2. The molecule has 0 fully saturated rings. The smallest absolute Gasteiger partial charge is 0.308 e. The fraction of sp³-hybridized carbons (Fsp3) is 0.0833. The molecule has 0 aliphatic carbocycles. The first kappa shape index (κ1) is 14.0. The van der Waals surface area contributed by atoms with Crippen molar-refractivity contribution in [2.45, 2.75) is 0 Å². The van der Waals surface area contributed by atoms with Crippen LogP contribution in [0.5, 0.6) is 0 Å². The van der Waals surface area contributed by atoms with Gasteiger partial charge in [0.15, 0.2) is 0 Å². The Kier molecular flexibility index (Phi) is 3.80. The maximum absolute atomic E-state index is 11.8. The quantitative estimate of drug-likeness (QED) is 0.657. The fourth-order valence-electron chi connectivity index (χ4n) is 1.60. The van der Waals surface area contributed by atoms with Crippen LogP contribution in [-0.2, 0) is 7.05 Å². The molecule has 1 aromatic carbocycles. The van der Waals surface area contributed by atoms with Gasteiger partial charge in [-0.15, -0.1) is 0 Å². The van der Waals surface area contributed by atoms with Gasteiger partial charge in [-0.3, -0.25) is 20.1 Å². The summed E-state index contributed by atoms with van der Waals surface area (Å²) in [4.78, 5) is 21.8. The fourth-order valence-corrected chi connectivity index (χ4v) is 1.60. The van der Waals surface area contributed by atoms with Crippen molar-refractivity contribution in [2.75, 3.05) is 10.6 Å². The van der Waals surface area contributed by atoms with Gasteiger partial charge in [-0.2, -0.15) is 10.4 Å². The summed E-state index contributed by atoms with van der Waals surface area (Å²) in [6.07, 6.45) is 1.33. The van der Waals surface area contributed by atoms with Gasteiger partial charge in [0.2, 0.25) is 0 Å². The van der Waals surface area contributed by atoms with Crippen LogP contribution in [0.1, 0.15) is 5.56 Å². The van der Waals surface area contributed by atoms with Crippen molar-refractivity contribution < 1.29 is 9.72 Å². The minimum atomic E-state index is -0.580. The zero-order valence-corrected chi connectivity index (χ0v) is 10.9. The monoisotopic (exact) mass is 286 g/mol. The number of nitrogens with zero attached hydrogens (tertiary/aromatic N) is 4. The van der Waals surface area contributed by atoms with Crippen LogP contribution in [0.15, 0.2) is 30.5 Å². The minimum absolute atomic E-state index is 0.0700. The van der Waals surface area contributed by atoms with Crippen molar-refractivity contribution in [3.8, 4) is 6.07 Å². The summed E-state index contributed by atoms with van der Waals surface area (Å²) < 4.78 is 1.36. The number of benzene rings is 1. The van der Waals surface area contributed by atoms with Crippen molar-refractivity contribution in [2.24, 2.45) is 7.05 Å². The van der Waals surface area contributed by atoms with Crippen LogP contribution in [0.4, 0.5) is 22.0 Å². The predicted octanol–water partition coefficient (Wildman–Crippen LogP) is 1.84. The number of urea groups is 1. The van der Waals surface area contributed by atoms with Gasteiger partial charge in [0.05, 0.1) is 11.1 Å². The number of nitro groups is 1. The summed E-state index contributed by atoms with van der Waals surface area (Å²) in [5, 5.41) is 28.2. The number of hydrogen-bond donors (Lipinski definition) is 2. The van der Waals surface area contributed by atoms with Crippen molar-refractivity contribution in [3.05, 3.63) is 46.1 Å². The number of carbonyl (C=O) groups is 1. The molecule has 0 radical (unpaired) electrons. The molecule has 2 N–H and O–H groups in total. The van der Waals surface area contributed by atoms with Gasteiger partial charge in [0, 0.05) is 24.9 Å². The number of carbonyl (C=O) groups excluding carboxylic acids is 1. The molecule has 0 bridgehead atoms. The van der Waals surface area contributed by atoms with Crippen molar-refractivity contribution in [3.63, 3.8) is 0 Å². The Morgan fingerprint density at radius 3 is 2.62 bits per heavy atom. The third-order valence-corrected chi connectivity index (χ3v) is 2.63. The van der Waals surface area contributed by atoms with E-state index < -0.39 is 11.0 Å². The highest BCUT2D eigenvalue weighted by atomic mass is 16.6. The van der Waals surface area contributed by atoms with E-state index in [1.807, 2.05) is 6.07 Å². The standard InChI is InChI=1S/C12H10N6O3/c1-17-11(8(6-13)7-14-17)16-12(19)15-9-2-4-10(5-3-9)18(20)21/h2-5,7H,1H3,(H2,15,16,19). The molecule has 0 atom stereocenters. The van der Waals surface area contributed by atoms with Crippen LogP contribution in [0, 0.1) is 21.4 Å². The molecule has 21 heavy (non-hydrogen) atoms. The maximum atomic E-state index is 11.8. The van der Waals surface area contributed by atoms with Crippen LogP contribution in [0.25, 0.3) is 0 Å². The van der Waals surface area contributed by atoms with Crippen LogP contribution < -0.4 is 10.6 Å². The molecule has 1 aromatic heterocycles. The number of nitriles is 1. The van der Waals surface area contributed by atoms with Crippen molar-refractivity contribution in [1.82, 2.24) is 9.78 Å². The molecule has 0 saturated carbocycles. The third-order valence-electron chi connectivity index (χ3n) is 2.63. The van der Waals surface area contributed by atoms with E-state index in [0.29, 0.717) is 5.69 Å². The number of amides is 2. The normalized spacial score (nSPS) is 9.71. The molecule has 0 unspecified atom stereocenters. The van der Waals surface area contributed by atoms with E-state index >= 15 is 0 Å². The van der Waals surface area contributed by atoms with E-state index in [1.165, 1.54) is 35.1 Å². The Labute approximate surface area is 118 Å². The zero-order chi connectivity index (χ0) is 15.4. The van der Waals surface area contributed by atoms with Gasteiger partial charge in [-0.25, -0.2) is 4.79 Å². The first-order valence-corrected chi connectivity index (χ1v) is 5.76. The molecule has 9 nitrogen and oxygen atoms in total. The Morgan fingerprint density at radius 2 is 2.05 bits per heavy atom. The minimum Gasteiger partial charge on any atom is -0.308 e. The lowest BCUT2D eigenvalue weighted by Gasteiger charge is -2.08.